The quantitative estimate of drug-likeness (QED) is 0.286. The van der Waals surface area contributed by atoms with Gasteiger partial charge in [0.15, 0.2) is 0 Å². The Bertz CT molecular complexity index is 1020. The van der Waals surface area contributed by atoms with Crippen molar-refractivity contribution in [3.63, 3.8) is 0 Å². The van der Waals surface area contributed by atoms with Crippen LogP contribution in [-0.4, -0.2) is 25.7 Å². The molecular weight excluding hydrogens is 400 g/mol. The van der Waals surface area contributed by atoms with E-state index in [1.54, 1.807) is 0 Å². The molecule has 166 valence electrons. The van der Waals surface area contributed by atoms with E-state index in [9.17, 15) is 4.79 Å². The summed E-state index contributed by atoms with van der Waals surface area (Å²) in [4.78, 5) is 12.4. The molecule has 0 fully saturated rings. The zero-order chi connectivity index (χ0) is 22.6. The lowest BCUT2D eigenvalue weighted by Crippen LogP contribution is -2.22. The van der Waals surface area contributed by atoms with Crippen molar-refractivity contribution in [1.82, 2.24) is 0 Å². The number of ether oxygens (including phenoxy) is 2. The van der Waals surface area contributed by atoms with Crippen molar-refractivity contribution < 1.29 is 14.3 Å². The first kappa shape index (κ1) is 22.9. The molecule has 5 nitrogen and oxygen atoms in total. The van der Waals surface area contributed by atoms with Crippen molar-refractivity contribution in [2.75, 3.05) is 30.4 Å². The number of aryl methyl sites for hydroxylation is 1. The lowest BCUT2D eigenvalue weighted by Gasteiger charge is -2.13. The topological polar surface area (TPSA) is 59.6 Å². The van der Waals surface area contributed by atoms with Crippen molar-refractivity contribution in [2.24, 2.45) is 0 Å². The summed E-state index contributed by atoms with van der Waals surface area (Å²) < 4.78 is 11.6. The Morgan fingerprint density at radius 2 is 1.72 bits per heavy atom. The number of carbonyl (C=O) groups is 1. The molecule has 5 heteroatoms. The van der Waals surface area contributed by atoms with Gasteiger partial charge in [-0.05, 0) is 55.2 Å². The van der Waals surface area contributed by atoms with Crippen LogP contribution in [0.2, 0.25) is 0 Å². The number of para-hydroxylation sites is 2. The molecule has 2 N–H and O–H groups in total. The van der Waals surface area contributed by atoms with Gasteiger partial charge in [0.05, 0.1) is 18.8 Å². The molecule has 0 spiro atoms. The third kappa shape index (κ3) is 7.84. The summed E-state index contributed by atoms with van der Waals surface area (Å²) in [6.45, 7) is 6.91. The second kappa shape index (κ2) is 12.2. The Balaban J connectivity index is 1.44. The van der Waals surface area contributed by atoms with E-state index < -0.39 is 0 Å². The minimum atomic E-state index is -0.162. The van der Waals surface area contributed by atoms with E-state index >= 15 is 0 Å². The van der Waals surface area contributed by atoms with Gasteiger partial charge >= 0.3 is 0 Å². The number of anilines is 2. The predicted octanol–water partition coefficient (Wildman–Crippen LogP) is 5.70. The molecule has 3 rings (SSSR count). The average Bonchev–Trinajstić information content (AvgIpc) is 2.81. The summed E-state index contributed by atoms with van der Waals surface area (Å²) in [7, 11) is 0. The molecule has 0 aliphatic heterocycles. The first-order valence-corrected chi connectivity index (χ1v) is 10.8. The Morgan fingerprint density at radius 3 is 2.53 bits per heavy atom. The van der Waals surface area contributed by atoms with Crippen molar-refractivity contribution >= 4 is 17.3 Å². The fourth-order valence-electron chi connectivity index (χ4n) is 3.08. The first-order valence-electron chi connectivity index (χ1n) is 10.8. The van der Waals surface area contributed by atoms with Crippen LogP contribution in [0.25, 0.3) is 0 Å². The minimum absolute atomic E-state index is 0.131. The molecule has 0 radical (unpaired) electrons. The maximum atomic E-state index is 12.4. The number of benzene rings is 3. The van der Waals surface area contributed by atoms with Gasteiger partial charge in [0, 0.05) is 11.8 Å². The average molecular weight is 431 g/mol. The smallest absolute Gasteiger partial charge is 0.243 e. The van der Waals surface area contributed by atoms with Crippen LogP contribution in [0.4, 0.5) is 11.4 Å². The van der Waals surface area contributed by atoms with E-state index in [0.717, 1.165) is 29.9 Å². The lowest BCUT2D eigenvalue weighted by atomic mass is 10.1. The monoisotopic (exact) mass is 430 g/mol. The molecule has 3 aromatic rings. The zero-order valence-electron chi connectivity index (χ0n) is 18.5. The van der Waals surface area contributed by atoms with E-state index in [4.69, 9.17) is 9.47 Å². The van der Waals surface area contributed by atoms with Crippen LogP contribution in [0.5, 0.6) is 11.5 Å². The molecule has 3 aromatic carbocycles. The van der Waals surface area contributed by atoms with Crippen LogP contribution >= 0.6 is 0 Å². The van der Waals surface area contributed by atoms with Crippen LogP contribution in [0.1, 0.15) is 18.9 Å². The van der Waals surface area contributed by atoms with Crippen LogP contribution in [0.15, 0.2) is 91.0 Å². The molecule has 32 heavy (non-hydrogen) atoms. The van der Waals surface area contributed by atoms with Gasteiger partial charge in [0.25, 0.3) is 0 Å². The Kier molecular flexibility index (Phi) is 8.75. The maximum absolute atomic E-state index is 12.4. The van der Waals surface area contributed by atoms with Crippen LogP contribution in [-0.2, 0) is 11.2 Å². The number of carbonyl (C=O) groups excluding carboxylic acids is 1. The molecule has 0 aromatic heterocycles. The fourth-order valence-corrected chi connectivity index (χ4v) is 3.08. The van der Waals surface area contributed by atoms with Crippen molar-refractivity contribution in [3.05, 3.63) is 96.6 Å². The van der Waals surface area contributed by atoms with Gasteiger partial charge in [-0.15, -0.1) is 0 Å². The van der Waals surface area contributed by atoms with Crippen molar-refractivity contribution in [2.45, 2.75) is 19.8 Å². The summed E-state index contributed by atoms with van der Waals surface area (Å²) in [5.74, 6) is 1.24. The second-order valence-corrected chi connectivity index (χ2v) is 7.61. The minimum Gasteiger partial charge on any atom is -0.494 e. The first-order chi connectivity index (χ1) is 15.6. The summed E-state index contributed by atoms with van der Waals surface area (Å²) in [6.07, 6.45) is 1.92. The van der Waals surface area contributed by atoms with Gasteiger partial charge in [-0.25, -0.2) is 0 Å². The molecule has 0 atom stereocenters. The zero-order valence-corrected chi connectivity index (χ0v) is 18.5. The number of rotatable bonds is 12. The second-order valence-electron chi connectivity index (χ2n) is 7.61. The molecule has 0 saturated heterocycles. The van der Waals surface area contributed by atoms with E-state index in [-0.39, 0.29) is 12.5 Å². The molecule has 1 amide bonds. The van der Waals surface area contributed by atoms with Gasteiger partial charge in [-0.2, -0.15) is 0 Å². The predicted molar refractivity (Wildman–Crippen MR) is 131 cm³/mol. The van der Waals surface area contributed by atoms with Crippen molar-refractivity contribution in [3.8, 4) is 11.5 Å². The Morgan fingerprint density at radius 1 is 0.938 bits per heavy atom. The van der Waals surface area contributed by atoms with E-state index in [2.05, 4.69) is 41.5 Å². The van der Waals surface area contributed by atoms with Crippen LogP contribution in [0, 0.1) is 0 Å². The van der Waals surface area contributed by atoms with Crippen LogP contribution in [0.3, 0.4) is 0 Å². The molecule has 0 bridgehead atoms. The molecule has 0 aliphatic carbocycles. The fraction of sp³-hybridized carbons (Fsp3) is 0.222. The standard InChI is InChI=1S/C27H30N2O3/c1-21(2)20-32-26-16-7-6-15-25(26)29-27(30)19-28-23-13-8-14-24(18-23)31-17-9-12-22-10-4-3-5-11-22/h3-8,10-11,13-16,18,28H,1,9,12,17,19-20H2,2H3,(H,29,30). The number of hydrogen-bond donors (Lipinski definition) is 2. The van der Waals surface area contributed by atoms with Crippen LogP contribution < -0.4 is 20.1 Å². The summed E-state index contributed by atoms with van der Waals surface area (Å²) in [6, 6.07) is 25.4. The number of hydrogen-bond acceptors (Lipinski definition) is 4. The van der Waals surface area contributed by atoms with Gasteiger partial charge in [0.1, 0.15) is 18.1 Å². The molecular formula is C27H30N2O3. The third-order valence-corrected chi connectivity index (χ3v) is 4.64. The van der Waals surface area contributed by atoms with Gasteiger partial charge < -0.3 is 20.1 Å². The number of amides is 1. The van der Waals surface area contributed by atoms with Gasteiger partial charge in [-0.3, -0.25) is 4.79 Å². The third-order valence-electron chi connectivity index (χ3n) is 4.64. The van der Waals surface area contributed by atoms with Gasteiger partial charge in [0.2, 0.25) is 5.91 Å². The Labute approximate surface area is 190 Å². The normalized spacial score (nSPS) is 10.3. The highest BCUT2D eigenvalue weighted by Gasteiger charge is 2.08. The van der Waals surface area contributed by atoms with E-state index in [1.165, 1.54) is 5.56 Å². The maximum Gasteiger partial charge on any atom is 0.243 e. The molecule has 0 unspecified atom stereocenters. The SMILES string of the molecule is C=C(C)COc1ccccc1NC(=O)CNc1cccc(OCCCc2ccccc2)c1. The highest BCUT2D eigenvalue weighted by Crippen LogP contribution is 2.24. The molecule has 0 aliphatic rings. The highest BCUT2D eigenvalue weighted by atomic mass is 16.5. The molecule has 0 heterocycles. The summed E-state index contributed by atoms with van der Waals surface area (Å²) >= 11 is 0. The lowest BCUT2D eigenvalue weighted by molar-refractivity contribution is -0.114. The Hall–Kier alpha value is -3.73. The largest absolute Gasteiger partial charge is 0.494 e. The van der Waals surface area contributed by atoms with E-state index in [0.29, 0.717) is 24.7 Å². The molecule has 0 saturated carbocycles. The van der Waals surface area contributed by atoms with E-state index in [1.807, 2.05) is 61.5 Å². The van der Waals surface area contributed by atoms with Crippen molar-refractivity contribution in [1.29, 1.82) is 0 Å². The number of nitrogens with one attached hydrogen (secondary N) is 2. The van der Waals surface area contributed by atoms with Gasteiger partial charge in [-0.1, -0.05) is 55.1 Å². The highest BCUT2D eigenvalue weighted by molar-refractivity contribution is 5.95. The summed E-state index contributed by atoms with van der Waals surface area (Å²) in [5.41, 5.74) is 3.68. The summed E-state index contributed by atoms with van der Waals surface area (Å²) in [5, 5.41) is 6.03.